The van der Waals surface area contributed by atoms with Crippen LogP contribution < -0.4 is 5.32 Å². The lowest BCUT2D eigenvalue weighted by molar-refractivity contribution is 0.0930. The first kappa shape index (κ1) is 14.4. The second-order valence-corrected chi connectivity index (χ2v) is 6.65. The quantitative estimate of drug-likeness (QED) is 0.875. The molecule has 3 nitrogen and oxygen atoms in total. The van der Waals surface area contributed by atoms with Crippen molar-refractivity contribution in [3.05, 3.63) is 57.8 Å². The number of nitrogens with one attached hydrogen (secondary N) is 1. The first-order valence-corrected chi connectivity index (χ1v) is 8.09. The van der Waals surface area contributed by atoms with Gasteiger partial charge in [-0.05, 0) is 59.8 Å². The Labute approximate surface area is 133 Å². The van der Waals surface area contributed by atoms with Crippen LogP contribution in [0.4, 0.5) is 0 Å². The molecule has 1 N–H and O–H groups in total. The highest BCUT2D eigenvalue weighted by Crippen LogP contribution is 2.37. The molecule has 0 radical (unpaired) electrons. The summed E-state index contributed by atoms with van der Waals surface area (Å²) in [5.74, 6) is -0.0108. The average molecular weight is 347 g/mol. The standard InChI is InChI=1S/C17H19BrN2O/c1-11-5-3-4-6-15(11)12(2)19-17(21)16-9-13(18)10-20(16)14-7-8-14/h3-6,9-10,12,14H,7-8H2,1-2H3,(H,19,21). The number of aromatic nitrogens is 1. The maximum atomic E-state index is 12.6. The van der Waals surface area contributed by atoms with Crippen molar-refractivity contribution >= 4 is 21.8 Å². The number of rotatable bonds is 4. The molecular formula is C17H19BrN2O. The van der Waals surface area contributed by atoms with Gasteiger partial charge in [0, 0.05) is 16.7 Å². The number of hydrogen-bond donors (Lipinski definition) is 1. The lowest BCUT2D eigenvalue weighted by atomic mass is 10.0. The van der Waals surface area contributed by atoms with E-state index in [-0.39, 0.29) is 11.9 Å². The van der Waals surface area contributed by atoms with Crippen LogP contribution in [0.25, 0.3) is 0 Å². The lowest BCUT2D eigenvalue weighted by Crippen LogP contribution is -2.28. The van der Waals surface area contributed by atoms with Gasteiger partial charge in [-0.1, -0.05) is 24.3 Å². The van der Waals surface area contributed by atoms with Gasteiger partial charge in [0.25, 0.3) is 5.91 Å². The van der Waals surface area contributed by atoms with Crippen LogP contribution in [0.3, 0.4) is 0 Å². The first-order valence-electron chi connectivity index (χ1n) is 7.30. The predicted molar refractivity (Wildman–Crippen MR) is 87.5 cm³/mol. The first-order chi connectivity index (χ1) is 10.1. The highest BCUT2D eigenvalue weighted by molar-refractivity contribution is 9.10. The van der Waals surface area contributed by atoms with Gasteiger partial charge in [0.2, 0.25) is 0 Å². The fourth-order valence-corrected chi connectivity index (χ4v) is 3.14. The number of carbonyl (C=O) groups excluding carboxylic acids is 1. The van der Waals surface area contributed by atoms with Crippen molar-refractivity contribution in [1.29, 1.82) is 0 Å². The topological polar surface area (TPSA) is 34.0 Å². The van der Waals surface area contributed by atoms with Crippen molar-refractivity contribution in [2.75, 3.05) is 0 Å². The van der Waals surface area contributed by atoms with Gasteiger partial charge in [0.15, 0.2) is 0 Å². The third-order valence-corrected chi connectivity index (χ3v) is 4.42. The fourth-order valence-electron chi connectivity index (χ4n) is 2.70. The number of nitrogens with zero attached hydrogens (tertiary/aromatic N) is 1. The van der Waals surface area contributed by atoms with Crippen molar-refractivity contribution in [2.24, 2.45) is 0 Å². The Balaban J connectivity index is 1.79. The van der Waals surface area contributed by atoms with Crippen molar-refractivity contribution in [1.82, 2.24) is 9.88 Å². The predicted octanol–water partition coefficient (Wildman–Crippen LogP) is 4.38. The molecule has 2 aromatic rings. The molecule has 0 aliphatic heterocycles. The van der Waals surface area contributed by atoms with Crippen molar-refractivity contribution in [2.45, 2.75) is 38.8 Å². The highest BCUT2D eigenvalue weighted by atomic mass is 79.9. The van der Waals surface area contributed by atoms with E-state index >= 15 is 0 Å². The van der Waals surface area contributed by atoms with Gasteiger partial charge in [-0.25, -0.2) is 0 Å². The minimum absolute atomic E-state index is 0.0000265. The van der Waals surface area contributed by atoms with E-state index in [0.717, 1.165) is 28.6 Å². The minimum atomic E-state index is -0.0108. The summed E-state index contributed by atoms with van der Waals surface area (Å²) in [5, 5.41) is 3.11. The summed E-state index contributed by atoms with van der Waals surface area (Å²) in [4.78, 5) is 12.6. The highest BCUT2D eigenvalue weighted by Gasteiger charge is 2.28. The van der Waals surface area contributed by atoms with Crippen LogP contribution in [0.15, 0.2) is 41.0 Å². The largest absolute Gasteiger partial charge is 0.344 e. The maximum Gasteiger partial charge on any atom is 0.268 e. The molecule has 0 saturated heterocycles. The van der Waals surface area contributed by atoms with E-state index in [2.05, 4.69) is 44.9 Å². The van der Waals surface area contributed by atoms with Crippen LogP contribution >= 0.6 is 15.9 Å². The molecule has 1 aromatic carbocycles. The molecule has 1 aliphatic carbocycles. The maximum absolute atomic E-state index is 12.6. The third-order valence-electron chi connectivity index (χ3n) is 3.99. The zero-order valence-corrected chi connectivity index (χ0v) is 13.9. The van der Waals surface area contributed by atoms with Gasteiger partial charge < -0.3 is 9.88 Å². The summed E-state index contributed by atoms with van der Waals surface area (Å²) in [6.07, 6.45) is 4.33. The molecular weight excluding hydrogens is 328 g/mol. The molecule has 1 unspecified atom stereocenters. The summed E-state index contributed by atoms with van der Waals surface area (Å²) in [6, 6.07) is 10.6. The average Bonchev–Trinajstić information content (AvgIpc) is 3.21. The number of hydrogen-bond acceptors (Lipinski definition) is 1. The Morgan fingerprint density at radius 3 is 2.76 bits per heavy atom. The normalized spacial score (nSPS) is 15.8. The van der Waals surface area contributed by atoms with Crippen molar-refractivity contribution in [3.63, 3.8) is 0 Å². The van der Waals surface area contributed by atoms with E-state index in [1.807, 2.05) is 31.3 Å². The molecule has 1 fully saturated rings. The third kappa shape index (κ3) is 3.05. The Morgan fingerprint density at radius 2 is 2.10 bits per heavy atom. The Hall–Kier alpha value is -1.55. The van der Waals surface area contributed by atoms with E-state index in [1.165, 1.54) is 5.56 Å². The van der Waals surface area contributed by atoms with Crippen LogP contribution in [-0.2, 0) is 0 Å². The molecule has 1 aromatic heterocycles. The molecule has 1 saturated carbocycles. The van der Waals surface area contributed by atoms with Gasteiger partial charge in [-0.3, -0.25) is 4.79 Å². The molecule has 110 valence electrons. The van der Waals surface area contributed by atoms with E-state index < -0.39 is 0 Å². The minimum Gasteiger partial charge on any atom is -0.344 e. The summed E-state index contributed by atoms with van der Waals surface area (Å²) in [6.45, 7) is 4.10. The molecule has 1 heterocycles. The summed E-state index contributed by atoms with van der Waals surface area (Å²) >= 11 is 3.47. The molecule has 21 heavy (non-hydrogen) atoms. The molecule has 0 bridgehead atoms. The number of amides is 1. The second kappa shape index (κ2) is 5.68. The molecule has 1 amide bonds. The van der Waals surface area contributed by atoms with Crippen molar-refractivity contribution < 1.29 is 4.79 Å². The van der Waals surface area contributed by atoms with Crippen LogP contribution in [0.1, 0.15) is 53.5 Å². The van der Waals surface area contributed by atoms with Crippen LogP contribution in [0, 0.1) is 6.92 Å². The van der Waals surface area contributed by atoms with Gasteiger partial charge in [0.1, 0.15) is 5.69 Å². The van der Waals surface area contributed by atoms with E-state index in [4.69, 9.17) is 0 Å². The fraction of sp³-hybridized carbons (Fsp3) is 0.353. The number of benzene rings is 1. The van der Waals surface area contributed by atoms with E-state index in [9.17, 15) is 4.79 Å². The molecule has 3 rings (SSSR count). The Morgan fingerprint density at radius 1 is 1.38 bits per heavy atom. The van der Waals surface area contributed by atoms with E-state index in [1.54, 1.807) is 0 Å². The Bertz CT molecular complexity index is 673. The van der Waals surface area contributed by atoms with Gasteiger partial charge in [-0.15, -0.1) is 0 Å². The zero-order chi connectivity index (χ0) is 15.0. The monoisotopic (exact) mass is 346 g/mol. The van der Waals surface area contributed by atoms with Gasteiger partial charge >= 0.3 is 0 Å². The zero-order valence-electron chi connectivity index (χ0n) is 12.3. The number of aryl methyl sites for hydroxylation is 1. The summed E-state index contributed by atoms with van der Waals surface area (Å²) in [5.41, 5.74) is 3.10. The Kier molecular flexibility index (Phi) is 3.89. The second-order valence-electron chi connectivity index (χ2n) is 5.73. The molecule has 0 spiro atoms. The SMILES string of the molecule is Cc1ccccc1C(C)NC(=O)c1cc(Br)cn1C1CC1. The van der Waals surface area contributed by atoms with Crippen molar-refractivity contribution in [3.8, 4) is 0 Å². The van der Waals surface area contributed by atoms with Crippen LogP contribution in [0.2, 0.25) is 0 Å². The number of carbonyl (C=O) groups is 1. The molecule has 1 atom stereocenters. The van der Waals surface area contributed by atoms with Gasteiger partial charge in [0.05, 0.1) is 6.04 Å². The lowest BCUT2D eigenvalue weighted by Gasteiger charge is -2.17. The van der Waals surface area contributed by atoms with Crippen LogP contribution in [-0.4, -0.2) is 10.5 Å². The summed E-state index contributed by atoms with van der Waals surface area (Å²) < 4.78 is 3.05. The number of halogens is 1. The van der Waals surface area contributed by atoms with Gasteiger partial charge in [-0.2, -0.15) is 0 Å². The summed E-state index contributed by atoms with van der Waals surface area (Å²) in [7, 11) is 0. The molecule has 4 heteroatoms. The smallest absolute Gasteiger partial charge is 0.268 e. The molecule has 1 aliphatic rings. The van der Waals surface area contributed by atoms with E-state index in [0.29, 0.717) is 6.04 Å². The van der Waals surface area contributed by atoms with Crippen LogP contribution in [0.5, 0.6) is 0 Å².